The van der Waals surface area contributed by atoms with E-state index in [1.807, 2.05) is 24.3 Å². The molecule has 1 amide bonds. The first-order valence-corrected chi connectivity index (χ1v) is 10.3. The maximum absolute atomic E-state index is 10.7. The summed E-state index contributed by atoms with van der Waals surface area (Å²) in [4.78, 5) is 17.9. The van der Waals surface area contributed by atoms with Gasteiger partial charge < -0.3 is 20.7 Å². The summed E-state index contributed by atoms with van der Waals surface area (Å²) >= 11 is 2.06. The fraction of sp³-hybridized carbons (Fsp3) is 0.579. The van der Waals surface area contributed by atoms with Gasteiger partial charge >= 0.3 is 0 Å². The Kier molecular flexibility index (Phi) is 11.6. The molecule has 0 saturated carbocycles. The molecule has 0 aliphatic carbocycles. The highest BCUT2D eigenvalue weighted by atomic mass is 127. The number of hydrogen-bond donors (Lipinski definition) is 2. The minimum atomic E-state index is -0.471. The number of hydrogen-bond acceptors (Lipinski definition) is 4. The zero-order valence-corrected chi connectivity index (χ0v) is 19.3. The molecule has 1 atom stereocenters. The first kappa shape index (κ1) is 23.9. The summed E-state index contributed by atoms with van der Waals surface area (Å²) in [5.74, 6) is 2.37. The second-order valence-electron chi connectivity index (χ2n) is 6.23. The smallest absolute Gasteiger partial charge is 0.255 e. The van der Waals surface area contributed by atoms with Gasteiger partial charge in [-0.05, 0) is 37.5 Å². The minimum absolute atomic E-state index is 0. The van der Waals surface area contributed by atoms with Gasteiger partial charge in [-0.15, -0.1) is 24.0 Å². The summed E-state index contributed by atoms with van der Waals surface area (Å²) in [6.45, 7) is 8.01. The molecule has 3 N–H and O–H groups in total. The van der Waals surface area contributed by atoms with Gasteiger partial charge in [0, 0.05) is 37.2 Å². The first-order valence-electron chi connectivity index (χ1n) is 9.27. The van der Waals surface area contributed by atoms with Crippen molar-refractivity contribution in [1.82, 2.24) is 10.2 Å². The summed E-state index contributed by atoms with van der Waals surface area (Å²) in [5.41, 5.74) is 6.27. The second-order valence-corrected chi connectivity index (χ2v) is 7.64. The van der Waals surface area contributed by atoms with Crippen molar-refractivity contribution in [2.75, 3.05) is 38.5 Å². The van der Waals surface area contributed by atoms with Gasteiger partial charge in [0.15, 0.2) is 12.6 Å². The van der Waals surface area contributed by atoms with Crippen LogP contribution in [-0.4, -0.2) is 60.6 Å². The van der Waals surface area contributed by atoms with Crippen LogP contribution in [0.15, 0.2) is 29.3 Å². The lowest BCUT2D eigenvalue weighted by Gasteiger charge is -2.34. The van der Waals surface area contributed by atoms with Crippen LogP contribution in [0.25, 0.3) is 0 Å². The van der Waals surface area contributed by atoms with Gasteiger partial charge in [-0.25, -0.2) is 0 Å². The third-order valence-electron chi connectivity index (χ3n) is 4.20. The van der Waals surface area contributed by atoms with E-state index in [4.69, 9.17) is 15.5 Å². The van der Waals surface area contributed by atoms with E-state index in [1.165, 1.54) is 12.0 Å². The van der Waals surface area contributed by atoms with E-state index < -0.39 is 5.91 Å². The zero-order chi connectivity index (χ0) is 18.8. The average Bonchev–Trinajstić information content (AvgIpc) is 2.66. The summed E-state index contributed by atoms with van der Waals surface area (Å²) in [6.07, 6.45) is 2.07. The number of ether oxygens (including phenoxy) is 1. The number of nitrogens with one attached hydrogen (secondary N) is 1. The summed E-state index contributed by atoms with van der Waals surface area (Å²) in [7, 11) is 0. The zero-order valence-electron chi connectivity index (χ0n) is 16.1. The van der Waals surface area contributed by atoms with Crippen LogP contribution in [0.4, 0.5) is 0 Å². The van der Waals surface area contributed by atoms with Crippen LogP contribution in [0.1, 0.15) is 25.8 Å². The quantitative estimate of drug-likeness (QED) is 0.322. The van der Waals surface area contributed by atoms with Crippen LogP contribution < -0.4 is 15.8 Å². The van der Waals surface area contributed by atoms with E-state index in [0.29, 0.717) is 11.0 Å². The van der Waals surface area contributed by atoms with E-state index in [0.717, 1.165) is 44.3 Å². The first-order chi connectivity index (χ1) is 12.6. The Labute approximate surface area is 183 Å². The Bertz CT molecular complexity index is 598. The Morgan fingerprint density at radius 2 is 2.11 bits per heavy atom. The number of nitrogens with zero attached hydrogens (tertiary/aromatic N) is 2. The summed E-state index contributed by atoms with van der Waals surface area (Å²) in [5, 5.41) is 4.12. The van der Waals surface area contributed by atoms with E-state index >= 15 is 0 Å². The second kappa shape index (κ2) is 13.1. The number of guanidine groups is 1. The van der Waals surface area contributed by atoms with Crippen molar-refractivity contribution in [2.45, 2.75) is 31.9 Å². The van der Waals surface area contributed by atoms with E-state index in [-0.39, 0.29) is 30.6 Å². The van der Waals surface area contributed by atoms with Crippen molar-refractivity contribution in [2.24, 2.45) is 10.7 Å². The number of aliphatic imine (C=N–C) groups is 1. The SMILES string of the molecule is CCNC(=NCCc1ccc(OCC(N)=O)cc1)N1CCSC(CC)C1.I. The van der Waals surface area contributed by atoms with Gasteiger partial charge in [-0.3, -0.25) is 9.79 Å². The number of carbonyl (C=O) groups is 1. The maximum Gasteiger partial charge on any atom is 0.255 e. The average molecular weight is 506 g/mol. The van der Waals surface area contributed by atoms with Gasteiger partial charge in [0.2, 0.25) is 0 Å². The number of halogens is 1. The fourth-order valence-corrected chi connectivity index (χ4v) is 3.96. The van der Waals surface area contributed by atoms with Crippen LogP contribution in [0.2, 0.25) is 0 Å². The lowest BCUT2D eigenvalue weighted by Crippen LogP contribution is -2.48. The number of benzene rings is 1. The predicted octanol–water partition coefficient (Wildman–Crippen LogP) is 2.50. The lowest BCUT2D eigenvalue weighted by molar-refractivity contribution is -0.119. The third-order valence-corrected chi connectivity index (χ3v) is 5.57. The minimum Gasteiger partial charge on any atom is -0.484 e. The van der Waals surface area contributed by atoms with E-state index in [2.05, 4.69) is 35.8 Å². The molecule has 27 heavy (non-hydrogen) atoms. The van der Waals surface area contributed by atoms with Crippen LogP contribution >= 0.6 is 35.7 Å². The number of carbonyl (C=O) groups excluding carboxylic acids is 1. The van der Waals surface area contributed by atoms with Crippen molar-refractivity contribution < 1.29 is 9.53 Å². The highest BCUT2D eigenvalue weighted by Crippen LogP contribution is 2.21. The molecule has 1 aromatic rings. The molecule has 1 heterocycles. The molecule has 0 radical (unpaired) electrons. The standard InChI is InChI=1S/C19H30N4O2S.HI/c1-3-17-13-23(11-12-26-17)19(21-4-2)22-10-9-15-5-7-16(8-6-15)25-14-18(20)24;/h5-8,17H,3-4,9-14H2,1-2H3,(H2,20,24)(H,21,22);1H. The molecule has 0 spiro atoms. The summed E-state index contributed by atoms with van der Waals surface area (Å²) in [6, 6.07) is 7.73. The Balaban J connectivity index is 0.00000364. The number of amides is 1. The number of thioether (sulfide) groups is 1. The van der Waals surface area contributed by atoms with Crippen molar-refractivity contribution in [1.29, 1.82) is 0 Å². The van der Waals surface area contributed by atoms with Gasteiger partial charge in [0.1, 0.15) is 5.75 Å². The summed E-state index contributed by atoms with van der Waals surface area (Å²) < 4.78 is 5.28. The molecule has 0 aromatic heterocycles. The largest absolute Gasteiger partial charge is 0.484 e. The van der Waals surface area contributed by atoms with Crippen LogP contribution in [0, 0.1) is 0 Å². The Hall–Kier alpha value is -1.16. The van der Waals surface area contributed by atoms with Gasteiger partial charge in [0.25, 0.3) is 5.91 Å². The van der Waals surface area contributed by atoms with Crippen molar-refractivity contribution >= 4 is 47.6 Å². The number of primary amides is 1. The highest BCUT2D eigenvalue weighted by molar-refractivity contribution is 14.0. The molecule has 1 fully saturated rings. The van der Waals surface area contributed by atoms with E-state index in [1.54, 1.807) is 0 Å². The maximum atomic E-state index is 10.7. The molecular weight excluding hydrogens is 475 g/mol. The monoisotopic (exact) mass is 506 g/mol. The number of nitrogens with two attached hydrogens (primary N) is 1. The normalized spacial score (nSPS) is 17.2. The van der Waals surface area contributed by atoms with E-state index in [9.17, 15) is 4.79 Å². The molecule has 8 heteroatoms. The van der Waals surface area contributed by atoms with Crippen molar-refractivity contribution in [3.05, 3.63) is 29.8 Å². The van der Waals surface area contributed by atoms with Crippen molar-refractivity contribution in [3.8, 4) is 5.75 Å². The molecule has 0 bridgehead atoms. The van der Waals surface area contributed by atoms with Crippen LogP contribution in [-0.2, 0) is 11.2 Å². The third kappa shape index (κ3) is 8.59. The van der Waals surface area contributed by atoms with Gasteiger partial charge in [0.05, 0.1) is 0 Å². The Morgan fingerprint density at radius 3 is 2.74 bits per heavy atom. The van der Waals surface area contributed by atoms with Gasteiger partial charge in [-0.1, -0.05) is 19.1 Å². The van der Waals surface area contributed by atoms with Gasteiger partial charge in [-0.2, -0.15) is 11.8 Å². The lowest BCUT2D eigenvalue weighted by atomic mass is 10.1. The molecule has 2 rings (SSSR count). The Morgan fingerprint density at radius 1 is 1.37 bits per heavy atom. The predicted molar refractivity (Wildman–Crippen MR) is 124 cm³/mol. The fourth-order valence-electron chi connectivity index (χ4n) is 2.78. The molecular formula is C19H31IN4O2S. The molecule has 1 saturated heterocycles. The molecule has 152 valence electrons. The molecule has 1 aromatic carbocycles. The molecule has 1 aliphatic rings. The molecule has 1 aliphatic heterocycles. The van der Waals surface area contributed by atoms with Crippen LogP contribution in [0.5, 0.6) is 5.75 Å². The molecule has 6 nitrogen and oxygen atoms in total. The highest BCUT2D eigenvalue weighted by Gasteiger charge is 2.21. The topological polar surface area (TPSA) is 80.0 Å². The molecule has 1 unspecified atom stereocenters. The number of rotatable bonds is 8. The van der Waals surface area contributed by atoms with Crippen molar-refractivity contribution in [3.63, 3.8) is 0 Å². The van der Waals surface area contributed by atoms with Crippen LogP contribution in [0.3, 0.4) is 0 Å².